The van der Waals surface area contributed by atoms with Gasteiger partial charge >= 0.3 is 40.4 Å². The van der Waals surface area contributed by atoms with Crippen LogP contribution in [0.5, 0.6) is 0 Å². The standard InChI is InChI=1S/2C22H25FN8O10P2S2.C22H26N8O10P2S2/c2*23-12-15-11(39-20(12)30-4-2-8-9(24)1-3-26-17(8)30)6-37-43(35,45)41-16-14(32)10(5-36-42(34,44)40-15)38-21(16)31-7-27-13-18(31)28-22(25)29-19(13)33;23-11-1-3-25-17-10(11)2-4-29(17)21-15(31)16-13(38-21)7-36-41(33,43)39-12-5-9(6-35-42(34,44)40-16)37-20(12)30-8-26-14-18(30)27-22(24)28-19(14)32/h2*1-4,7,10-12,14-16,20-21,32H,5-6H2,(H2,24,26)(H,34,44)(H,35,45)(H3,25,28,29,33);1-4,8-9,12-13,15-16,20-21,31H,5-7H2,(H2,23,25)(H,33,43)(H,34,44)(H3,24,27,28,32)/t2*10-,11-,12?,14+,15+,16?,20-,21-,42?,43?;9?,12-,13-,15-,16-,20-,21-,41?,42?/m111/s1. The van der Waals surface area contributed by atoms with Crippen molar-refractivity contribution >= 4 is 213 Å². The molecule has 6 bridgehead atoms. The van der Waals surface area contributed by atoms with Crippen molar-refractivity contribution in [3.8, 4) is 0 Å². The molecule has 9 fully saturated rings. The van der Waals surface area contributed by atoms with Gasteiger partial charge in [-0.3, -0.25) is 70.2 Å². The van der Waals surface area contributed by atoms with Crippen LogP contribution >= 0.6 is 52.6 Å². The molecule has 21 heterocycles. The van der Waals surface area contributed by atoms with Crippen LogP contribution in [0.25, 0.3) is 66.6 Å². The number of nitrogens with one attached hydrogen (secondary N) is 3. The summed E-state index contributed by atoms with van der Waals surface area (Å²) in [7, 11) is 0. The third-order valence-electron chi connectivity index (χ3n) is 22.5. The zero-order chi connectivity index (χ0) is 94.6. The van der Waals surface area contributed by atoms with Gasteiger partial charge in [0.2, 0.25) is 17.8 Å². The fourth-order valence-electron chi connectivity index (χ4n) is 16.5. The summed E-state index contributed by atoms with van der Waals surface area (Å²) >= 11 is 30.3. The smallest absolute Gasteiger partial charge is 0.386 e. The minimum absolute atomic E-state index is 0.000451. The highest BCUT2D eigenvalue weighted by atomic mass is 32.7. The van der Waals surface area contributed by atoms with E-state index in [0.29, 0.717) is 50.2 Å². The van der Waals surface area contributed by atoms with E-state index in [1.807, 2.05) is 0 Å². The van der Waals surface area contributed by atoms with E-state index in [1.165, 1.54) is 72.8 Å². The van der Waals surface area contributed by atoms with Crippen molar-refractivity contribution < 1.29 is 136 Å². The van der Waals surface area contributed by atoms with Crippen molar-refractivity contribution in [1.29, 1.82) is 0 Å². The quantitative estimate of drug-likeness (QED) is 0.0819. The van der Waals surface area contributed by atoms with E-state index >= 15 is 8.78 Å². The summed E-state index contributed by atoms with van der Waals surface area (Å²) in [5.74, 6) is -0.586. The monoisotopic (exact) mass is 2100 g/mol. The third-order valence-corrected chi connectivity index (χ3v) is 32.0. The van der Waals surface area contributed by atoms with Gasteiger partial charge in [0.1, 0.15) is 102 Å². The van der Waals surface area contributed by atoms with Gasteiger partial charge in [-0.25, -0.2) is 43.2 Å². The molecule has 29 atom stereocenters. The summed E-state index contributed by atoms with van der Waals surface area (Å²) in [6.07, 6.45) is -18.2. The van der Waals surface area contributed by atoms with E-state index in [1.54, 1.807) is 47.2 Å². The van der Waals surface area contributed by atoms with E-state index in [9.17, 15) is 58.7 Å². The Hall–Kier alpha value is -7.43. The van der Waals surface area contributed by atoms with Crippen molar-refractivity contribution in [3.05, 3.63) is 124 Å². The van der Waals surface area contributed by atoms with Crippen molar-refractivity contribution in [2.24, 2.45) is 0 Å². The molecular weight excluding hydrogens is 2030 g/mol. The number of aromatic nitrogens is 18. The molecule has 0 radical (unpaired) electrons. The molecule has 23 N–H and O–H groups in total. The normalized spacial score (nSPS) is 37.3. The molecule has 54 nitrogen and oxygen atoms in total. The second-order valence-electron chi connectivity index (χ2n) is 31.1. The number of hydrogen-bond acceptors (Lipinski definition) is 45. The molecule has 9 aliphatic heterocycles. The lowest BCUT2D eigenvalue weighted by atomic mass is 10.1. The minimum Gasteiger partial charge on any atom is -0.398 e. The fourth-order valence-corrected chi connectivity index (χ4v) is 25.2. The average molecular weight is 2100 g/mol. The van der Waals surface area contributed by atoms with E-state index in [4.69, 9.17) is 176 Å². The molecular formula is C66H76F2N24O30P6S6. The number of nitrogens with zero attached hydrogens (tertiary/aromatic N) is 15. The number of rotatable bonds is 6. The first-order chi connectivity index (χ1) is 63.5. The molecule has 0 spiro atoms. The molecule has 0 aromatic carbocycles. The van der Waals surface area contributed by atoms with Gasteiger partial charge in [-0.05, 0) is 95.4 Å². The number of pyridine rings is 3. The molecule has 9 aliphatic rings. The van der Waals surface area contributed by atoms with Crippen LogP contribution in [0.2, 0.25) is 0 Å². The Bertz CT molecular complexity index is 6820. The summed E-state index contributed by atoms with van der Waals surface area (Å²) in [5.41, 5.74) is 35.7. The molecule has 134 heavy (non-hydrogen) atoms. The lowest BCUT2D eigenvalue weighted by Gasteiger charge is -2.28. The van der Waals surface area contributed by atoms with Gasteiger partial charge in [0, 0.05) is 76.8 Å². The predicted molar refractivity (Wildman–Crippen MR) is 480 cm³/mol. The van der Waals surface area contributed by atoms with Crippen LogP contribution in [0.4, 0.5) is 43.7 Å². The molecule has 12 aromatic rings. The van der Waals surface area contributed by atoms with Gasteiger partial charge in [0.05, 0.1) is 64.7 Å². The van der Waals surface area contributed by atoms with Gasteiger partial charge in [0.15, 0.2) is 83.2 Å². The maximum absolute atomic E-state index is 16.1. The molecule has 11 unspecified atom stereocenters. The Kier molecular flexibility index (Phi) is 26.1. The van der Waals surface area contributed by atoms with Crippen LogP contribution in [0, 0.1) is 0 Å². The van der Waals surface area contributed by atoms with Crippen LogP contribution in [0.15, 0.2) is 107 Å². The first-order valence-electron chi connectivity index (χ1n) is 39.5. The molecule has 9 saturated heterocycles. The SMILES string of the molecule is Nc1nc2c(ncn2[C@@H]2OC3COP(O)(=S)O[C@H]4[C@@H](O)[C@H](n5ccc6c(N)ccnc65)O[C@@H]4COP(O)(=S)O[C@@H]2C3)c(=O)[nH]1.Nc1nc2c(ncn2[C@@H]2O[C@@H]3COP(=O)(S)O[C@@H]4C(F)[C@H](n5ccc6c(N)ccnc65)O[C@@H]4COP(O)(=S)OC2[C@H]3O)c(=O)[nH]1.Nc1nc2c(ncn2[C@@H]2O[C@@H]3COP(O)(=S)O[C@@H]4C(F)[C@H](n5ccc6c(N)ccnc65)O[C@@H]4COP(O)(=S)OC2[C@H]3O)c(=O)[nH]1. The predicted octanol–water partition coefficient (Wildman–Crippen LogP) is 1.11. The number of aliphatic hydroxyl groups is 3. The van der Waals surface area contributed by atoms with Crippen molar-refractivity contribution in [2.75, 3.05) is 74.0 Å². The first-order valence-corrected chi connectivity index (χ1v) is 55.2. The van der Waals surface area contributed by atoms with Crippen LogP contribution in [-0.2, 0) is 146 Å². The summed E-state index contributed by atoms with van der Waals surface area (Å²) in [4.78, 5) is 137. The Labute approximate surface area is 776 Å². The van der Waals surface area contributed by atoms with Gasteiger partial charge in [0.25, 0.3) is 16.7 Å². The van der Waals surface area contributed by atoms with E-state index < -0.39 is 231 Å². The number of aromatic amines is 3. The molecule has 0 amide bonds. The van der Waals surface area contributed by atoms with E-state index in [-0.39, 0.29) is 64.4 Å². The number of thiol groups is 1. The van der Waals surface area contributed by atoms with Gasteiger partial charge in [-0.2, -0.15) is 15.0 Å². The number of fused-ring (bicyclic) bond motifs is 15. The number of halogens is 2. The average Bonchev–Trinajstić information content (AvgIpc) is 1.58. The van der Waals surface area contributed by atoms with Crippen molar-refractivity contribution in [2.45, 2.75) is 148 Å². The number of hydrogen-bond donors (Lipinski definition) is 18. The second kappa shape index (κ2) is 36.7. The van der Waals surface area contributed by atoms with Gasteiger partial charge in [-0.1, -0.05) is 12.2 Å². The highest BCUT2D eigenvalue weighted by Gasteiger charge is 2.58. The topological polar surface area (TPSA) is 745 Å². The van der Waals surface area contributed by atoms with Gasteiger partial charge < -0.3 is 143 Å². The zero-order valence-corrected chi connectivity index (χ0v) is 77.9. The summed E-state index contributed by atoms with van der Waals surface area (Å²) in [5, 5.41) is 35.3. The van der Waals surface area contributed by atoms with E-state index in [2.05, 4.69) is 72.1 Å². The molecule has 0 saturated carbocycles. The number of nitrogens with two attached hydrogens (primary N) is 6. The number of anilines is 6. The molecule has 68 heteroatoms. The van der Waals surface area contributed by atoms with E-state index in [0.717, 1.165) is 0 Å². The highest BCUT2D eigenvalue weighted by molar-refractivity contribution is 8.44. The number of aliphatic hydroxyl groups excluding tert-OH is 3. The summed E-state index contributed by atoms with van der Waals surface area (Å²) in [6.45, 7) is -28.2. The van der Waals surface area contributed by atoms with Gasteiger partial charge in [-0.15, -0.1) is 0 Å². The summed E-state index contributed by atoms with van der Waals surface area (Å²) in [6, 6.07) is 9.81. The largest absolute Gasteiger partial charge is 0.398 e. The molecule has 720 valence electrons. The zero-order valence-electron chi connectivity index (χ0n) is 67.5. The Morgan fingerprint density at radius 2 is 0.701 bits per heavy atom. The molecule has 21 rings (SSSR count). The van der Waals surface area contributed by atoms with Crippen LogP contribution in [0.3, 0.4) is 0 Å². The number of ether oxygens (including phenoxy) is 6. The Balaban J connectivity index is 0.000000129. The second-order valence-corrected chi connectivity index (χ2v) is 47.9. The molecule has 12 aromatic heterocycles. The van der Waals surface area contributed by atoms with Crippen molar-refractivity contribution in [3.63, 3.8) is 0 Å². The Morgan fingerprint density at radius 1 is 0.373 bits per heavy atom. The molecule has 0 aliphatic carbocycles. The number of nitrogen functional groups attached to an aromatic ring is 6. The maximum Gasteiger partial charge on any atom is 0.386 e. The number of alkyl halides is 2. The van der Waals surface area contributed by atoms with Crippen LogP contribution in [-0.4, -0.2) is 271 Å². The lowest BCUT2D eigenvalue weighted by Crippen LogP contribution is -2.36. The maximum atomic E-state index is 16.1. The number of H-pyrrole nitrogens is 3. The van der Waals surface area contributed by atoms with Crippen LogP contribution < -0.4 is 51.1 Å². The lowest BCUT2D eigenvalue weighted by molar-refractivity contribution is -0.0602. The fraction of sp³-hybridized carbons (Fsp3) is 0.455. The minimum atomic E-state index is -4.37. The first kappa shape index (κ1) is 95.5. The highest BCUT2D eigenvalue weighted by Crippen LogP contribution is 2.61. The van der Waals surface area contributed by atoms with Crippen LogP contribution in [0.1, 0.15) is 43.8 Å². The Morgan fingerprint density at radius 3 is 1.12 bits per heavy atom. The third kappa shape index (κ3) is 18.7. The van der Waals surface area contributed by atoms with Crippen molar-refractivity contribution in [1.82, 2.24) is 87.2 Å². The number of imidazole rings is 3. The summed E-state index contributed by atoms with van der Waals surface area (Å²) < 4.78 is 157.